The molecule has 0 fully saturated rings. The molecule has 25 heavy (non-hydrogen) atoms. The minimum absolute atomic E-state index is 0.136. The molecular weight excluding hydrogens is 314 g/mol. The lowest BCUT2D eigenvalue weighted by Gasteiger charge is -2.21. The van der Waals surface area contributed by atoms with E-state index in [2.05, 4.69) is 16.7 Å². The molecule has 0 saturated carbocycles. The second kappa shape index (κ2) is 7.83. The summed E-state index contributed by atoms with van der Waals surface area (Å²) in [4.78, 5) is 23.9. The maximum absolute atomic E-state index is 12.6. The van der Waals surface area contributed by atoms with Crippen LogP contribution in [0.15, 0.2) is 48.5 Å². The Kier molecular flexibility index (Phi) is 5.33. The van der Waals surface area contributed by atoms with Gasteiger partial charge in [0.15, 0.2) is 0 Å². The van der Waals surface area contributed by atoms with Crippen LogP contribution in [0.25, 0.3) is 0 Å². The summed E-state index contributed by atoms with van der Waals surface area (Å²) in [7, 11) is 0. The molecule has 4 N–H and O–H groups in total. The van der Waals surface area contributed by atoms with Crippen molar-refractivity contribution in [1.82, 2.24) is 5.32 Å². The first-order chi connectivity index (χ1) is 12.1. The van der Waals surface area contributed by atoms with Crippen LogP contribution in [0.3, 0.4) is 0 Å². The summed E-state index contributed by atoms with van der Waals surface area (Å²) in [6, 6.07) is 14.4. The van der Waals surface area contributed by atoms with Gasteiger partial charge in [-0.1, -0.05) is 42.5 Å². The second-order valence-corrected chi connectivity index (χ2v) is 6.37. The molecule has 0 heterocycles. The Morgan fingerprint density at radius 1 is 1.00 bits per heavy atom. The van der Waals surface area contributed by atoms with E-state index in [0.29, 0.717) is 0 Å². The lowest BCUT2D eigenvalue weighted by molar-refractivity contribution is -0.116. The summed E-state index contributed by atoms with van der Waals surface area (Å²) in [5, 5.41) is 5.67. The van der Waals surface area contributed by atoms with Crippen molar-refractivity contribution in [3.8, 4) is 0 Å². The van der Waals surface area contributed by atoms with Crippen LogP contribution >= 0.6 is 0 Å². The highest BCUT2D eigenvalue weighted by atomic mass is 16.2. The Labute approximate surface area is 147 Å². The first-order valence-corrected chi connectivity index (χ1v) is 8.65. The fourth-order valence-electron chi connectivity index (χ4n) is 3.39. The number of carbonyl (C=O) groups is 2. The van der Waals surface area contributed by atoms with Crippen LogP contribution in [-0.4, -0.2) is 11.9 Å². The zero-order valence-corrected chi connectivity index (χ0v) is 14.1. The van der Waals surface area contributed by atoms with E-state index >= 15 is 0 Å². The number of primary amides is 1. The summed E-state index contributed by atoms with van der Waals surface area (Å²) in [5.74, 6) is -0.137. The number of anilines is 1. The average Bonchev–Trinajstić information content (AvgIpc) is 2.62. The number of benzene rings is 2. The van der Waals surface area contributed by atoms with Crippen molar-refractivity contribution in [1.29, 1.82) is 0 Å². The van der Waals surface area contributed by atoms with Crippen LogP contribution in [0.5, 0.6) is 0 Å². The molecule has 0 aliphatic heterocycles. The molecule has 0 radical (unpaired) electrons. The second-order valence-electron chi connectivity index (χ2n) is 6.37. The minimum atomic E-state index is -0.640. The third kappa shape index (κ3) is 4.38. The molecule has 3 amide bonds. The zero-order chi connectivity index (χ0) is 17.6. The van der Waals surface area contributed by atoms with Crippen molar-refractivity contribution in [2.24, 2.45) is 5.73 Å². The molecule has 1 aliphatic rings. The number of aryl methyl sites for hydroxylation is 1. The maximum Gasteiger partial charge on any atom is 0.312 e. The molecule has 0 spiro atoms. The van der Waals surface area contributed by atoms with Crippen molar-refractivity contribution in [3.05, 3.63) is 65.2 Å². The van der Waals surface area contributed by atoms with Gasteiger partial charge in [-0.05, 0) is 48.4 Å². The van der Waals surface area contributed by atoms with Crippen molar-refractivity contribution >= 4 is 17.6 Å². The SMILES string of the molecule is NC(=O)N[C@@H](CC(=O)Nc1cccc2c1CCCC2)c1ccccc1. The van der Waals surface area contributed by atoms with E-state index in [1.54, 1.807) is 0 Å². The molecule has 0 aromatic heterocycles. The van der Waals surface area contributed by atoms with Crippen molar-refractivity contribution in [2.45, 2.75) is 38.1 Å². The molecular formula is C20H23N3O2. The van der Waals surface area contributed by atoms with Gasteiger partial charge < -0.3 is 16.4 Å². The van der Waals surface area contributed by atoms with E-state index in [0.717, 1.165) is 30.5 Å². The van der Waals surface area contributed by atoms with E-state index in [-0.39, 0.29) is 12.3 Å². The van der Waals surface area contributed by atoms with E-state index in [1.807, 2.05) is 42.5 Å². The highest BCUT2D eigenvalue weighted by molar-refractivity contribution is 5.92. The molecule has 0 bridgehead atoms. The predicted molar refractivity (Wildman–Crippen MR) is 98.2 cm³/mol. The molecule has 130 valence electrons. The quantitative estimate of drug-likeness (QED) is 0.782. The minimum Gasteiger partial charge on any atom is -0.352 e. The number of hydrogen-bond acceptors (Lipinski definition) is 2. The van der Waals surface area contributed by atoms with Gasteiger partial charge in [0, 0.05) is 5.69 Å². The first-order valence-electron chi connectivity index (χ1n) is 8.65. The van der Waals surface area contributed by atoms with Crippen molar-refractivity contribution in [3.63, 3.8) is 0 Å². The Bertz CT molecular complexity index is 759. The van der Waals surface area contributed by atoms with Gasteiger partial charge in [-0.15, -0.1) is 0 Å². The van der Waals surface area contributed by atoms with Crippen LogP contribution in [0.1, 0.15) is 42.0 Å². The normalized spacial score (nSPS) is 14.2. The lowest BCUT2D eigenvalue weighted by Crippen LogP contribution is -2.35. The number of nitrogens with two attached hydrogens (primary N) is 1. The number of fused-ring (bicyclic) bond motifs is 1. The summed E-state index contributed by atoms with van der Waals surface area (Å²) >= 11 is 0. The van der Waals surface area contributed by atoms with Crippen LogP contribution < -0.4 is 16.4 Å². The molecule has 3 rings (SSSR count). The van der Waals surface area contributed by atoms with E-state index in [9.17, 15) is 9.59 Å². The molecule has 5 heteroatoms. The Balaban J connectivity index is 1.73. The topological polar surface area (TPSA) is 84.2 Å². The molecule has 2 aromatic carbocycles. The summed E-state index contributed by atoms with van der Waals surface area (Å²) in [5.41, 5.74) is 9.56. The third-order valence-electron chi connectivity index (χ3n) is 4.58. The van der Waals surface area contributed by atoms with E-state index in [1.165, 1.54) is 17.5 Å². The van der Waals surface area contributed by atoms with E-state index in [4.69, 9.17) is 5.73 Å². The zero-order valence-electron chi connectivity index (χ0n) is 14.1. The van der Waals surface area contributed by atoms with Gasteiger partial charge in [0.25, 0.3) is 0 Å². The van der Waals surface area contributed by atoms with Crippen LogP contribution in [0.2, 0.25) is 0 Å². The standard InChI is InChI=1S/C20H23N3O2/c21-20(25)23-18(15-8-2-1-3-9-15)13-19(24)22-17-12-6-10-14-7-4-5-11-16(14)17/h1-3,6,8-10,12,18H,4-5,7,11,13H2,(H,22,24)(H3,21,23,25)/t18-/m0/s1. The van der Waals surface area contributed by atoms with Crippen LogP contribution in [0.4, 0.5) is 10.5 Å². The maximum atomic E-state index is 12.6. The number of nitrogens with one attached hydrogen (secondary N) is 2. The number of hydrogen-bond donors (Lipinski definition) is 3. The van der Waals surface area contributed by atoms with Crippen molar-refractivity contribution in [2.75, 3.05) is 5.32 Å². The summed E-state index contributed by atoms with van der Waals surface area (Å²) < 4.78 is 0. The van der Waals surface area contributed by atoms with E-state index < -0.39 is 12.1 Å². The number of carbonyl (C=O) groups excluding carboxylic acids is 2. The van der Waals surface area contributed by atoms with Gasteiger partial charge in [-0.3, -0.25) is 4.79 Å². The number of amides is 3. The largest absolute Gasteiger partial charge is 0.352 e. The van der Waals surface area contributed by atoms with Gasteiger partial charge in [-0.25, -0.2) is 4.79 Å². The first kappa shape index (κ1) is 17.0. The molecule has 5 nitrogen and oxygen atoms in total. The Hall–Kier alpha value is -2.82. The fourth-order valence-corrected chi connectivity index (χ4v) is 3.39. The van der Waals surface area contributed by atoms with Crippen LogP contribution in [0, 0.1) is 0 Å². The van der Waals surface area contributed by atoms with Crippen LogP contribution in [-0.2, 0) is 17.6 Å². The predicted octanol–water partition coefficient (Wildman–Crippen LogP) is 3.30. The van der Waals surface area contributed by atoms with Gasteiger partial charge >= 0.3 is 6.03 Å². The number of rotatable bonds is 5. The molecule has 1 aliphatic carbocycles. The Morgan fingerprint density at radius 2 is 1.76 bits per heavy atom. The summed E-state index contributed by atoms with van der Waals surface area (Å²) in [6.45, 7) is 0. The smallest absolute Gasteiger partial charge is 0.312 e. The molecule has 0 unspecified atom stereocenters. The molecule has 1 atom stereocenters. The highest BCUT2D eigenvalue weighted by Gasteiger charge is 2.19. The van der Waals surface area contributed by atoms with Gasteiger partial charge in [0.05, 0.1) is 12.5 Å². The molecule has 0 saturated heterocycles. The number of urea groups is 1. The van der Waals surface area contributed by atoms with Gasteiger partial charge in [-0.2, -0.15) is 0 Å². The Morgan fingerprint density at radius 3 is 2.52 bits per heavy atom. The monoisotopic (exact) mass is 337 g/mol. The van der Waals surface area contributed by atoms with Gasteiger partial charge in [0.2, 0.25) is 5.91 Å². The van der Waals surface area contributed by atoms with Crippen molar-refractivity contribution < 1.29 is 9.59 Å². The van der Waals surface area contributed by atoms with Gasteiger partial charge in [0.1, 0.15) is 0 Å². The average molecular weight is 337 g/mol. The molecule has 2 aromatic rings. The third-order valence-corrected chi connectivity index (χ3v) is 4.58. The summed E-state index contributed by atoms with van der Waals surface area (Å²) in [6.07, 6.45) is 4.54. The fraction of sp³-hybridized carbons (Fsp3) is 0.300. The lowest BCUT2D eigenvalue weighted by atomic mass is 9.90. The highest BCUT2D eigenvalue weighted by Crippen LogP contribution is 2.28.